The number of rotatable bonds is 5. The number of thiophene rings is 2. The Labute approximate surface area is 213 Å². The molecule has 0 radical (unpaired) electrons. The minimum absolute atomic E-state index is 1.24. The molecule has 0 aliphatic heterocycles. The van der Waals surface area contributed by atoms with Crippen molar-refractivity contribution in [2.24, 2.45) is 0 Å². The molecule has 0 aliphatic rings. The lowest BCUT2D eigenvalue weighted by molar-refractivity contribution is 1.52. The minimum Gasteiger partial charge on any atom is -0.135 e. The Morgan fingerprint density at radius 3 is 1.30 bits per heavy atom. The number of benzene rings is 2. The summed E-state index contributed by atoms with van der Waals surface area (Å²) in [5.74, 6) is 0. The molecule has 0 atom stereocenters. The Morgan fingerprint density at radius 1 is 0.567 bits per heavy atom. The van der Waals surface area contributed by atoms with Crippen molar-refractivity contribution in [3.05, 3.63) is 99.8 Å². The van der Waals surface area contributed by atoms with Crippen LogP contribution in [0.1, 0.15) is 32.0 Å². The zero-order valence-corrected chi connectivity index (χ0v) is 22.6. The van der Waals surface area contributed by atoms with E-state index >= 15 is 0 Å². The first-order chi connectivity index (χ1) is 14.5. The van der Waals surface area contributed by atoms with E-state index in [0.717, 1.165) is 0 Å². The van der Waals surface area contributed by atoms with E-state index in [0.29, 0.717) is 0 Å². The van der Waals surface area contributed by atoms with Crippen molar-refractivity contribution < 1.29 is 0 Å². The van der Waals surface area contributed by atoms with Gasteiger partial charge in [-0.3, -0.25) is 0 Å². The second-order valence-corrected chi connectivity index (χ2v) is 11.7. The van der Waals surface area contributed by atoms with Gasteiger partial charge in [0.1, 0.15) is 0 Å². The van der Waals surface area contributed by atoms with Gasteiger partial charge in [-0.15, -0.1) is 22.7 Å². The molecular formula is C26H20I2S2. The van der Waals surface area contributed by atoms with E-state index in [1.165, 1.54) is 48.9 Å². The lowest BCUT2D eigenvalue weighted by Crippen LogP contribution is -1.73. The molecule has 4 heteroatoms. The Bertz CT molecular complexity index is 1110. The highest BCUT2D eigenvalue weighted by Crippen LogP contribution is 2.38. The standard InChI is InChI=1S/C26H20I2S2/c1-17-15-25(29-23(17)13-7-19-3-9-21(27)10-4-19)26-16-18(2)24(30-26)14-8-20-5-11-22(28)12-6-20/h3-16H,1-2H3/b13-7+,14-8+. The van der Waals surface area contributed by atoms with Crippen molar-refractivity contribution in [3.63, 3.8) is 0 Å². The second kappa shape index (κ2) is 9.94. The van der Waals surface area contributed by atoms with Gasteiger partial charge in [0.15, 0.2) is 0 Å². The molecule has 4 rings (SSSR count). The van der Waals surface area contributed by atoms with E-state index in [1.807, 2.05) is 22.7 Å². The third-order valence-corrected chi connectivity index (χ3v) is 8.79. The van der Waals surface area contributed by atoms with Crippen molar-refractivity contribution in [2.75, 3.05) is 0 Å². The molecule has 2 aromatic heterocycles. The van der Waals surface area contributed by atoms with E-state index in [2.05, 4.69) is 144 Å². The number of aryl methyl sites for hydroxylation is 2. The molecule has 0 fully saturated rings. The predicted molar refractivity (Wildman–Crippen MR) is 153 cm³/mol. The van der Waals surface area contributed by atoms with Crippen molar-refractivity contribution >= 4 is 92.2 Å². The second-order valence-electron chi connectivity index (χ2n) is 7.09. The van der Waals surface area contributed by atoms with Crippen LogP contribution in [-0.2, 0) is 0 Å². The third-order valence-electron chi connectivity index (χ3n) is 4.75. The topological polar surface area (TPSA) is 0 Å². The Morgan fingerprint density at radius 2 is 0.933 bits per heavy atom. The highest BCUT2D eigenvalue weighted by molar-refractivity contribution is 14.1. The monoisotopic (exact) mass is 650 g/mol. The van der Waals surface area contributed by atoms with Crippen LogP contribution < -0.4 is 0 Å². The number of hydrogen-bond acceptors (Lipinski definition) is 2. The van der Waals surface area contributed by atoms with Gasteiger partial charge < -0.3 is 0 Å². The summed E-state index contributed by atoms with van der Waals surface area (Å²) in [7, 11) is 0. The van der Waals surface area contributed by atoms with Crippen LogP contribution in [0.15, 0.2) is 60.7 Å². The van der Waals surface area contributed by atoms with E-state index in [1.54, 1.807) is 0 Å². The van der Waals surface area contributed by atoms with Crippen LogP contribution in [0, 0.1) is 21.0 Å². The maximum atomic E-state index is 2.34. The molecule has 0 saturated carbocycles. The third kappa shape index (κ3) is 5.52. The molecule has 0 bridgehead atoms. The highest BCUT2D eigenvalue weighted by atomic mass is 127. The van der Waals surface area contributed by atoms with Gasteiger partial charge in [-0.2, -0.15) is 0 Å². The van der Waals surface area contributed by atoms with Crippen LogP contribution >= 0.6 is 67.9 Å². The van der Waals surface area contributed by atoms with Crippen molar-refractivity contribution in [1.82, 2.24) is 0 Å². The van der Waals surface area contributed by atoms with Crippen LogP contribution in [0.4, 0.5) is 0 Å². The van der Waals surface area contributed by atoms with Gasteiger partial charge in [-0.1, -0.05) is 36.4 Å². The lowest BCUT2D eigenvalue weighted by atomic mass is 10.2. The first-order valence-corrected chi connectivity index (χ1v) is 13.4. The maximum Gasteiger partial charge on any atom is 0.0452 e. The SMILES string of the molecule is Cc1cc(-c2cc(C)c(/C=C/c3ccc(I)cc3)s2)sc1/C=C/c1ccc(I)cc1. The largest absolute Gasteiger partial charge is 0.135 e. The predicted octanol–water partition coefficient (Wildman–Crippen LogP) is 9.64. The quantitative estimate of drug-likeness (QED) is 0.189. The van der Waals surface area contributed by atoms with Gasteiger partial charge >= 0.3 is 0 Å². The molecular weight excluding hydrogens is 630 g/mol. The summed E-state index contributed by atoms with van der Waals surface area (Å²) >= 11 is 8.42. The first-order valence-electron chi connectivity index (χ1n) is 9.56. The molecule has 4 aromatic rings. The van der Waals surface area contributed by atoms with Crippen LogP contribution in [0.3, 0.4) is 0 Å². The smallest absolute Gasteiger partial charge is 0.0452 e. The van der Waals surface area contributed by atoms with Gasteiger partial charge in [-0.05, 0) is 130 Å². The van der Waals surface area contributed by atoms with E-state index in [4.69, 9.17) is 0 Å². The van der Waals surface area contributed by atoms with Crippen LogP contribution in [-0.4, -0.2) is 0 Å². The highest BCUT2D eigenvalue weighted by Gasteiger charge is 2.10. The first kappa shape index (κ1) is 22.0. The molecule has 0 aliphatic carbocycles. The molecule has 0 amide bonds. The van der Waals surface area contributed by atoms with Crippen LogP contribution in [0.25, 0.3) is 34.1 Å². The fraction of sp³-hybridized carbons (Fsp3) is 0.0769. The molecule has 2 heterocycles. The van der Waals surface area contributed by atoms with E-state index in [9.17, 15) is 0 Å². The normalized spacial score (nSPS) is 11.7. The number of hydrogen-bond donors (Lipinski definition) is 0. The summed E-state index contributed by atoms with van der Waals surface area (Å²) in [5.41, 5.74) is 5.14. The zero-order valence-electron chi connectivity index (χ0n) is 16.7. The Balaban J connectivity index is 1.55. The van der Waals surface area contributed by atoms with Crippen molar-refractivity contribution in [1.29, 1.82) is 0 Å². The summed E-state index contributed by atoms with van der Waals surface area (Å²) in [4.78, 5) is 5.34. The van der Waals surface area contributed by atoms with Gasteiger partial charge in [0.2, 0.25) is 0 Å². The van der Waals surface area contributed by atoms with Gasteiger partial charge in [0.05, 0.1) is 0 Å². The van der Waals surface area contributed by atoms with Crippen molar-refractivity contribution in [2.45, 2.75) is 13.8 Å². The molecule has 0 spiro atoms. The summed E-state index contributed by atoms with van der Waals surface area (Å²) in [6.45, 7) is 4.40. The average molecular weight is 650 g/mol. The van der Waals surface area contributed by atoms with Gasteiger partial charge in [0.25, 0.3) is 0 Å². The molecule has 0 nitrogen and oxygen atoms in total. The molecule has 0 saturated heterocycles. The maximum absolute atomic E-state index is 2.34. The van der Waals surface area contributed by atoms with E-state index in [-0.39, 0.29) is 0 Å². The summed E-state index contributed by atoms with van der Waals surface area (Å²) in [5, 5.41) is 0. The molecule has 150 valence electrons. The fourth-order valence-electron chi connectivity index (χ4n) is 3.06. The van der Waals surface area contributed by atoms with Crippen LogP contribution in [0.2, 0.25) is 0 Å². The average Bonchev–Trinajstić information content (AvgIpc) is 3.29. The summed E-state index contributed by atoms with van der Waals surface area (Å²) < 4.78 is 2.53. The Kier molecular flexibility index (Phi) is 7.28. The van der Waals surface area contributed by atoms with E-state index < -0.39 is 0 Å². The molecule has 0 unspecified atom stereocenters. The number of halogens is 2. The minimum atomic E-state index is 1.24. The molecule has 30 heavy (non-hydrogen) atoms. The van der Waals surface area contributed by atoms with Gasteiger partial charge in [-0.25, -0.2) is 0 Å². The molecule has 0 N–H and O–H groups in total. The van der Waals surface area contributed by atoms with Crippen LogP contribution in [0.5, 0.6) is 0 Å². The lowest BCUT2D eigenvalue weighted by Gasteiger charge is -1.94. The fourth-order valence-corrected chi connectivity index (χ4v) is 6.00. The Hall–Kier alpha value is -1.22. The summed E-state index contributed by atoms with van der Waals surface area (Å²) in [6.07, 6.45) is 8.88. The zero-order chi connectivity index (χ0) is 21.1. The van der Waals surface area contributed by atoms with Crippen molar-refractivity contribution in [3.8, 4) is 9.75 Å². The molecule has 2 aromatic carbocycles. The summed E-state index contributed by atoms with van der Waals surface area (Å²) in [6, 6.07) is 21.9. The van der Waals surface area contributed by atoms with Gasteiger partial charge in [0, 0.05) is 26.6 Å².